The zero-order valence-electron chi connectivity index (χ0n) is 10.6. The standard InChI is InChI=1S/C14H16FNO2/c1-3-4-6-10-9-12-11(7-5-8-13(12)15)14(17)16(10)18-2/h5,7-9H,3-4,6H2,1-2H3. The summed E-state index contributed by atoms with van der Waals surface area (Å²) >= 11 is 0. The highest BCUT2D eigenvalue weighted by Crippen LogP contribution is 2.16. The molecule has 2 rings (SSSR count). The number of hydrogen-bond acceptors (Lipinski definition) is 2. The van der Waals surface area contributed by atoms with E-state index < -0.39 is 0 Å². The van der Waals surface area contributed by atoms with Crippen LogP contribution in [0.15, 0.2) is 29.1 Å². The van der Waals surface area contributed by atoms with Crippen LogP contribution in [0, 0.1) is 5.82 Å². The van der Waals surface area contributed by atoms with Gasteiger partial charge < -0.3 is 4.84 Å². The minimum Gasteiger partial charge on any atom is -0.414 e. The Hall–Kier alpha value is -1.84. The maximum atomic E-state index is 13.7. The van der Waals surface area contributed by atoms with Gasteiger partial charge in [-0.3, -0.25) is 4.79 Å². The van der Waals surface area contributed by atoms with E-state index in [9.17, 15) is 9.18 Å². The van der Waals surface area contributed by atoms with Gasteiger partial charge in [-0.1, -0.05) is 19.4 Å². The van der Waals surface area contributed by atoms with Gasteiger partial charge in [0.25, 0.3) is 5.56 Å². The molecule has 0 N–H and O–H groups in total. The molecule has 0 aliphatic rings. The number of aromatic nitrogens is 1. The first kappa shape index (κ1) is 12.6. The van der Waals surface area contributed by atoms with E-state index in [1.165, 1.54) is 24.0 Å². The second-order valence-corrected chi connectivity index (χ2v) is 4.22. The fraction of sp³-hybridized carbons (Fsp3) is 0.357. The highest BCUT2D eigenvalue weighted by atomic mass is 19.1. The summed E-state index contributed by atoms with van der Waals surface area (Å²) in [7, 11) is 1.45. The van der Waals surface area contributed by atoms with Crippen molar-refractivity contribution in [1.29, 1.82) is 0 Å². The van der Waals surface area contributed by atoms with Crippen molar-refractivity contribution in [3.63, 3.8) is 0 Å². The summed E-state index contributed by atoms with van der Waals surface area (Å²) in [6.45, 7) is 2.07. The number of benzene rings is 1. The van der Waals surface area contributed by atoms with Crippen LogP contribution in [0.1, 0.15) is 25.5 Å². The predicted octanol–water partition coefficient (Wildman–Crippen LogP) is 2.54. The van der Waals surface area contributed by atoms with Crippen LogP contribution in [-0.2, 0) is 6.42 Å². The van der Waals surface area contributed by atoms with Gasteiger partial charge in [0, 0.05) is 5.39 Å². The Morgan fingerprint density at radius 3 is 2.78 bits per heavy atom. The minimum absolute atomic E-state index is 0.305. The van der Waals surface area contributed by atoms with Crippen molar-refractivity contribution < 1.29 is 9.23 Å². The van der Waals surface area contributed by atoms with Crippen molar-refractivity contribution in [3.05, 3.63) is 46.1 Å². The summed E-state index contributed by atoms with van der Waals surface area (Å²) in [6.07, 6.45) is 2.64. The van der Waals surface area contributed by atoms with Gasteiger partial charge in [-0.15, -0.1) is 4.73 Å². The third-order valence-electron chi connectivity index (χ3n) is 3.01. The number of pyridine rings is 1. The van der Waals surface area contributed by atoms with Gasteiger partial charge in [0.05, 0.1) is 11.1 Å². The topological polar surface area (TPSA) is 31.2 Å². The second kappa shape index (κ2) is 5.21. The van der Waals surface area contributed by atoms with Gasteiger partial charge in [-0.05, 0) is 31.0 Å². The van der Waals surface area contributed by atoms with Crippen molar-refractivity contribution in [2.75, 3.05) is 7.11 Å². The number of rotatable bonds is 4. The average molecular weight is 249 g/mol. The number of nitrogens with zero attached hydrogens (tertiary/aromatic N) is 1. The van der Waals surface area contributed by atoms with Crippen molar-refractivity contribution in [1.82, 2.24) is 4.73 Å². The van der Waals surface area contributed by atoms with Gasteiger partial charge in [0.1, 0.15) is 12.9 Å². The number of unbranched alkanes of at least 4 members (excludes halogenated alkanes) is 1. The minimum atomic E-state index is -0.370. The molecule has 18 heavy (non-hydrogen) atoms. The molecule has 0 unspecified atom stereocenters. The van der Waals surface area contributed by atoms with E-state index in [0.29, 0.717) is 22.9 Å². The van der Waals surface area contributed by atoms with Crippen molar-refractivity contribution in [2.24, 2.45) is 0 Å². The van der Waals surface area contributed by atoms with Crippen molar-refractivity contribution in [2.45, 2.75) is 26.2 Å². The Bertz CT molecular complexity index is 619. The normalized spacial score (nSPS) is 10.8. The van der Waals surface area contributed by atoms with E-state index in [-0.39, 0.29) is 11.4 Å². The molecular formula is C14H16FNO2. The lowest BCUT2D eigenvalue weighted by Gasteiger charge is -2.12. The van der Waals surface area contributed by atoms with Crippen LogP contribution in [0.4, 0.5) is 4.39 Å². The van der Waals surface area contributed by atoms with E-state index in [2.05, 4.69) is 6.92 Å². The third-order valence-corrected chi connectivity index (χ3v) is 3.01. The molecule has 1 heterocycles. The third kappa shape index (κ3) is 2.10. The Kier molecular flexibility index (Phi) is 3.65. The highest BCUT2D eigenvalue weighted by Gasteiger charge is 2.11. The lowest BCUT2D eigenvalue weighted by Crippen LogP contribution is -2.28. The van der Waals surface area contributed by atoms with Gasteiger partial charge in [-0.2, -0.15) is 0 Å². The molecule has 0 amide bonds. The highest BCUT2D eigenvalue weighted by molar-refractivity contribution is 5.82. The molecule has 2 aromatic rings. The summed E-state index contributed by atoms with van der Waals surface area (Å²) < 4.78 is 15.0. The molecule has 0 atom stereocenters. The molecule has 1 aromatic carbocycles. The SMILES string of the molecule is CCCCc1cc2c(F)cccc2c(=O)n1OC. The number of aryl methyl sites for hydroxylation is 1. The molecule has 0 aliphatic carbocycles. The van der Waals surface area contributed by atoms with Crippen LogP contribution in [0.5, 0.6) is 0 Å². The fourth-order valence-corrected chi connectivity index (χ4v) is 2.07. The number of halogens is 1. The van der Waals surface area contributed by atoms with Gasteiger partial charge in [-0.25, -0.2) is 4.39 Å². The average Bonchev–Trinajstić information content (AvgIpc) is 2.37. The molecule has 0 aliphatic heterocycles. The summed E-state index contributed by atoms with van der Waals surface area (Å²) in [5.74, 6) is -0.370. The van der Waals surface area contributed by atoms with E-state index >= 15 is 0 Å². The Labute approximate surface area is 105 Å². The maximum absolute atomic E-state index is 13.7. The van der Waals surface area contributed by atoms with Gasteiger partial charge in [0.2, 0.25) is 0 Å². The van der Waals surface area contributed by atoms with Crippen LogP contribution >= 0.6 is 0 Å². The quantitative estimate of drug-likeness (QED) is 0.833. The van der Waals surface area contributed by atoms with E-state index in [0.717, 1.165) is 12.8 Å². The molecule has 4 heteroatoms. The van der Waals surface area contributed by atoms with Crippen LogP contribution in [-0.4, -0.2) is 11.8 Å². The first-order chi connectivity index (χ1) is 8.69. The maximum Gasteiger partial charge on any atom is 0.291 e. The number of fused-ring (bicyclic) bond motifs is 1. The molecule has 0 spiro atoms. The Morgan fingerprint density at radius 2 is 2.11 bits per heavy atom. The first-order valence-electron chi connectivity index (χ1n) is 6.06. The van der Waals surface area contributed by atoms with Crippen molar-refractivity contribution in [3.8, 4) is 0 Å². The van der Waals surface area contributed by atoms with E-state index in [1.807, 2.05) is 0 Å². The first-order valence-corrected chi connectivity index (χ1v) is 6.06. The zero-order valence-corrected chi connectivity index (χ0v) is 10.6. The molecule has 0 bridgehead atoms. The van der Waals surface area contributed by atoms with E-state index in [1.54, 1.807) is 12.1 Å². The summed E-state index contributed by atoms with van der Waals surface area (Å²) in [4.78, 5) is 17.3. The number of hydrogen-bond donors (Lipinski definition) is 0. The summed E-state index contributed by atoms with van der Waals surface area (Å²) in [6, 6.07) is 6.21. The molecular weight excluding hydrogens is 233 g/mol. The van der Waals surface area contributed by atoms with Gasteiger partial charge in [0.15, 0.2) is 0 Å². The van der Waals surface area contributed by atoms with Crippen molar-refractivity contribution >= 4 is 10.8 Å². The van der Waals surface area contributed by atoms with Crippen LogP contribution in [0.3, 0.4) is 0 Å². The molecule has 0 saturated carbocycles. The molecule has 1 aromatic heterocycles. The van der Waals surface area contributed by atoms with Gasteiger partial charge >= 0.3 is 0 Å². The smallest absolute Gasteiger partial charge is 0.291 e. The monoisotopic (exact) mass is 249 g/mol. The molecule has 0 fully saturated rings. The Balaban J connectivity index is 2.70. The van der Waals surface area contributed by atoms with Crippen LogP contribution < -0.4 is 10.4 Å². The zero-order chi connectivity index (χ0) is 13.1. The molecule has 96 valence electrons. The predicted molar refractivity (Wildman–Crippen MR) is 69.3 cm³/mol. The summed E-state index contributed by atoms with van der Waals surface area (Å²) in [5, 5.41) is 0.707. The largest absolute Gasteiger partial charge is 0.414 e. The molecule has 0 radical (unpaired) electrons. The van der Waals surface area contributed by atoms with Crippen LogP contribution in [0.25, 0.3) is 10.8 Å². The fourth-order valence-electron chi connectivity index (χ4n) is 2.07. The lowest BCUT2D eigenvalue weighted by atomic mass is 10.1. The molecule has 0 saturated heterocycles. The lowest BCUT2D eigenvalue weighted by molar-refractivity contribution is 0.150. The van der Waals surface area contributed by atoms with Crippen LogP contribution in [0.2, 0.25) is 0 Å². The Morgan fingerprint density at radius 1 is 1.33 bits per heavy atom. The second-order valence-electron chi connectivity index (χ2n) is 4.22. The van der Waals surface area contributed by atoms with E-state index in [4.69, 9.17) is 4.84 Å². The summed E-state index contributed by atoms with van der Waals surface area (Å²) in [5.41, 5.74) is 0.405. The molecule has 3 nitrogen and oxygen atoms in total.